The third-order valence-electron chi connectivity index (χ3n) is 2.43. The maximum atomic E-state index is 12.3. The number of carbonyl (C=O) groups is 1. The predicted octanol–water partition coefficient (Wildman–Crippen LogP) is 6.01. The lowest BCUT2D eigenvalue weighted by molar-refractivity contribution is 0.103. The fourth-order valence-electron chi connectivity index (χ4n) is 1.57. The van der Waals surface area contributed by atoms with Crippen LogP contribution in [-0.2, 0) is 0 Å². The summed E-state index contributed by atoms with van der Waals surface area (Å²) in [7, 11) is -6.00. The highest BCUT2D eigenvalue weighted by Gasteiger charge is 2.23. The second-order valence-corrected chi connectivity index (χ2v) is 4.91. The van der Waals surface area contributed by atoms with Crippen LogP contribution in [-0.4, -0.2) is 13.0 Å². The van der Waals surface area contributed by atoms with Gasteiger partial charge < -0.3 is 17.3 Å². The van der Waals surface area contributed by atoms with Gasteiger partial charge in [-0.2, -0.15) is 0 Å². The van der Waals surface area contributed by atoms with Crippen LogP contribution in [0.15, 0.2) is 42.5 Å². The summed E-state index contributed by atoms with van der Waals surface area (Å²) in [5.74, 6) is -0.337. The summed E-state index contributed by atoms with van der Waals surface area (Å²) >= 11 is 11.8. The second-order valence-electron chi connectivity index (χ2n) is 4.07. The molecule has 0 bridgehead atoms. The van der Waals surface area contributed by atoms with Gasteiger partial charge in [0.05, 0.1) is 5.02 Å². The Morgan fingerprint density at radius 3 is 2.09 bits per heavy atom. The monoisotopic (exact) mass is 364 g/mol. The maximum Gasteiger partial charge on any atom is 0.673 e. The van der Waals surface area contributed by atoms with Crippen LogP contribution in [0.4, 0.5) is 23.0 Å². The quantitative estimate of drug-likeness (QED) is 0.283. The highest BCUT2D eigenvalue weighted by Crippen LogP contribution is 2.28. The van der Waals surface area contributed by atoms with E-state index in [1.807, 2.05) is 0 Å². The molecule has 2 aromatic carbocycles. The molecule has 0 saturated carbocycles. The fourth-order valence-corrected chi connectivity index (χ4v) is 1.96. The molecule has 0 atom stereocenters. The summed E-state index contributed by atoms with van der Waals surface area (Å²) in [5.41, 5.74) is 0.703. The van der Waals surface area contributed by atoms with E-state index in [2.05, 4.69) is 4.98 Å². The molecule has 0 heterocycles. The molecular weight excluding hydrogens is 358 g/mol. The Labute approximate surface area is 138 Å². The standard InChI is InChI=1S/C13H7Cl2N2O.BF4/c14-8-5-6-12(17-16)10(7-8)13(18)9-3-1-2-4-11(9)15;2-1(3,4)5/h1-7H;/q+1;-1. The third kappa shape index (κ3) is 6.26. The van der Waals surface area contributed by atoms with Gasteiger partial charge >= 0.3 is 12.9 Å². The Hall–Kier alpha value is -2.11. The molecule has 0 aliphatic heterocycles. The van der Waals surface area contributed by atoms with Gasteiger partial charge in [-0.1, -0.05) is 35.3 Å². The molecule has 2 rings (SSSR count). The lowest BCUT2D eigenvalue weighted by Gasteiger charge is -2.01. The molecular formula is C13H7BCl2F4N2O. The molecule has 0 aromatic heterocycles. The van der Waals surface area contributed by atoms with Crippen molar-refractivity contribution in [2.45, 2.75) is 0 Å². The smallest absolute Gasteiger partial charge is 0.418 e. The molecule has 0 radical (unpaired) electrons. The Morgan fingerprint density at radius 1 is 1.00 bits per heavy atom. The third-order valence-corrected chi connectivity index (χ3v) is 2.99. The Balaban J connectivity index is 0.000000463. The summed E-state index contributed by atoms with van der Waals surface area (Å²) in [6.45, 7) is 0. The topological polar surface area (TPSA) is 45.2 Å². The molecule has 0 spiro atoms. The first kappa shape index (κ1) is 18.9. The first-order chi connectivity index (χ1) is 10.6. The van der Waals surface area contributed by atoms with Crippen molar-refractivity contribution in [2.24, 2.45) is 0 Å². The van der Waals surface area contributed by atoms with Crippen LogP contribution in [0.3, 0.4) is 0 Å². The molecule has 0 fully saturated rings. The van der Waals surface area contributed by atoms with E-state index in [0.29, 0.717) is 15.6 Å². The van der Waals surface area contributed by atoms with Crippen molar-refractivity contribution in [3.8, 4) is 0 Å². The first-order valence-corrected chi connectivity index (χ1v) is 6.70. The summed E-state index contributed by atoms with van der Waals surface area (Å²) in [6, 6.07) is 11.1. The van der Waals surface area contributed by atoms with Gasteiger partial charge in [-0.3, -0.25) is 4.79 Å². The van der Waals surface area contributed by atoms with Crippen LogP contribution in [0, 0.1) is 5.39 Å². The minimum atomic E-state index is -6.00. The van der Waals surface area contributed by atoms with Crippen LogP contribution in [0.25, 0.3) is 4.98 Å². The minimum absolute atomic E-state index is 0.157. The van der Waals surface area contributed by atoms with Gasteiger partial charge in [-0.25, -0.2) is 0 Å². The zero-order valence-corrected chi connectivity index (χ0v) is 12.7. The van der Waals surface area contributed by atoms with Gasteiger partial charge in [-0.15, -0.1) is 0 Å². The molecule has 3 nitrogen and oxygen atoms in total. The van der Waals surface area contributed by atoms with Crippen molar-refractivity contribution in [1.82, 2.24) is 0 Å². The average Bonchev–Trinajstić information content (AvgIpc) is 2.45. The van der Waals surface area contributed by atoms with E-state index in [1.54, 1.807) is 30.3 Å². The first-order valence-electron chi connectivity index (χ1n) is 5.94. The van der Waals surface area contributed by atoms with E-state index in [4.69, 9.17) is 28.6 Å². The van der Waals surface area contributed by atoms with Crippen molar-refractivity contribution >= 4 is 41.9 Å². The zero-order valence-electron chi connectivity index (χ0n) is 11.2. The number of halogens is 6. The lowest BCUT2D eigenvalue weighted by atomic mass is 10.0. The SMILES string of the molecule is F[B-](F)(F)F.N#[N+]c1ccc(Cl)cc1C(=O)c1ccccc1Cl. The van der Waals surface area contributed by atoms with E-state index < -0.39 is 7.25 Å². The fraction of sp³-hybridized carbons (Fsp3) is 0. The van der Waals surface area contributed by atoms with Crippen LogP contribution in [0.2, 0.25) is 10.0 Å². The van der Waals surface area contributed by atoms with Gasteiger partial charge in [-0.05, 0) is 24.3 Å². The largest absolute Gasteiger partial charge is 0.673 e. The average molecular weight is 365 g/mol. The van der Waals surface area contributed by atoms with Gasteiger partial charge in [0, 0.05) is 16.7 Å². The van der Waals surface area contributed by atoms with Gasteiger partial charge in [0.2, 0.25) is 11.2 Å². The molecule has 0 aliphatic rings. The zero-order chi connectivity index (χ0) is 17.6. The van der Waals surface area contributed by atoms with Gasteiger partial charge in [0.15, 0.2) is 4.98 Å². The molecule has 10 heteroatoms. The van der Waals surface area contributed by atoms with Crippen LogP contribution < -0.4 is 0 Å². The van der Waals surface area contributed by atoms with Crippen molar-refractivity contribution < 1.29 is 22.1 Å². The summed E-state index contributed by atoms with van der Waals surface area (Å²) in [4.78, 5) is 15.4. The van der Waals surface area contributed by atoms with E-state index in [9.17, 15) is 22.1 Å². The van der Waals surface area contributed by atoms with Crippen LogP contribution >= 0.6 is 23.2 Å². The molecule has 2 aromatic rings. The molecule has 23 heavy (non-hydrogen) atoms. The number of nitrogens with zero attached hydrogens (tertiary/aromatic N) is 2. The number of benzene rings is 2. The van der Waals surface area contributed by atoms with Crippen LogP contribution in [0.5, 0.6) is 0 Å². The number of hydrogen-bond acceptors (Lipinski definition) is 2. The molecule has 0 aliphatic carbocycles. The number of diazo groups is 1. The van der Waals surface area contributed by atoms with E-state index >= 15 is 0 Å². The normalized spacial score (nSPS) is 10.3. The Kier molecular flexibility index (Phi) is 6.55. The van der Waals surface area contributed by atoms with E-state index in [0.717, 1.165) is 0 Å². The predicted molar refractivity (Wildman–Crippen MR) is 81.3 cm³/mol. The number of hydrogen-bond donors (Lipinski definition) is 0. The van der Waals surface area contributed by atoms with Gasteiger partial charge in [0.1, 0.15) is 5.56 Å². The Morgan fingerprint density at radius 2 is 1.57 bits per heavy atom. The maximum absolute atomic E-state index is 12.3. The van der Waals surface area contributed by atoms with Crippen molar-refractivity contribution in [3.05, 3.63) is 68.6 Å². The summed E-state index contributed by atoms with van der Waals surface area (Å²) in [6.07, 6.45) is 0. The number of carbonyl (C=O) groups excluding carboxylic acids is 1. The molecule has 0 amide bonds. The summed E-state index contributed by atoms with van der Waals surface area (Å²) in [5, 5.41) is 9.60. The molecule has 0 unspecified atom stereocenters. The Bertz CT molecular complexity index is 756. The van der Waals surface area contributed by atoms with Gasteiger partial charge in [0.25, 0.3) is 0 Å². The number of ketones is 1. The van der Waals surface area contributed by atoms with E-state index in [1.165, 1.54) is 12.1 Å². The second kappa shape index (κ2) is 7.95. The van der Waals surface area contributed by atoms with Crippen molar-refractivity contribution in [3.63, 3.8) is 0 Å². The summed E-state index contributed by atoms with van der Waals surface area (Å²) < 4.78 is 39.0. The highest BCUT2D eigenvalue weighted by molar-refractivity contribution is 6.50. The van der Waals surface area contributed by atoms with Crippen molar-refractivity contribution in [2.75, 3.05) is 0 Å². The van der Waals surface area contributed by atoms with Crippen molar-refractivity contribution in [1.29, 1.82) is 5.39 Å². The minimum Gasteiger partial charge on any atom is -0.418 e. The molecule has 0 saturated heterocycles. The van der Waals surface area contributed by atoms with E-state index in [-0.39, 0.29) is 17.0 Å². The highest BCUT2D eigenvalue weighted by atomic mass is 35.5. The van der Waals surface area contributed by atoms with Crippen LogP contribution in [0.1, 0.15) is 15.9 Å². The molecule has 120 valence electrons. The number of rotatable bonds is 2. The molecule has 0 N–H and O–H groups in total. The lowest BCUT2D eigenvalue weighted by Crippen LogP contribution is -2.02.